The molecular formula is C29H39NO4. The smallest absolute Gasteiger partial charge is 0.303 e. The molecule has 0 saturated heterocycles. The fraction of sp³-hybridized carbons (Fsp3) is 0.517. The lowest BCUT2D eigenvalue weighted by molar-refractivity contribution is -0.137. The van der Waals surface area contributed by atoms with Crippen molar-refractivity contribution in [1.82, 2.24) is 4.90 Å². The van der Waals surface area contributed by atoms with Crippen LogP contribution in [0.25, 0.3) is 0 Å². The Morgan fingerprint density at radius 2 is 1.76 bits per heavy atom. The molecule has 1 saturated carbocycles. The van der Waals surface area contributed by atoms with E-state index in [-0.39, 0.29) is 6.42 Å². The van der Waals surface area contributed by atoms with E-state index in [2.05, 4.69) is 23.1 Å². The number of aliphatic carboxylic acids is 1. The van der Waals surface area contributed by atoms with Crippen molar-refractivity contribution < 1.29 is 19.4 Å². The lowest BCUT2D eigenvalue weighted by atomic mass is 9.87. The van der Waals surface area contributed by atoms with Gasteiger partial charge in [0.1, 0.15) is 12.0 Å². The first kappa shape index (κ1) is 26.0. The Hall–Kier alpha value is -2.66. The zero-order valence-electron chi connectivity index (χ0n) is 20.3. The van der Waals surface area contributed by atoms with Crippen LogP contribution in [0.2, 0.25) is 0 Å². The number of para-hydroxylation sites is 1. The molecular weight excluding hydrogens is 426 g/mol. The molecule has 5 nitrogen and oxygen atoms in total. The van der Waals surface area contributed by atoms with Gasteiger partial charge in [-0.3, -0.25) is 14.5 Å². The Morgan fingerprint density at radius 3 is 2.50 bits per heavy atom. The number of carbonyl (C=O) groups is 2. The third-order valence-electron chi connectivity index (χ3n) is 6.82. The number of carboxylic acids is 1. The molecule has 0 aromatic heterocycles. The van der Waals surface area contributed by atoms with Gasteiger partial charge in [-0.1, -0.05) is 74.6 Å². The molecule has 1 fully saturated rings. The first-order chi connectivity index (χ1) is 16.6. The van der Waals surface area contributed by atoms with Gasteiger partial charge in [-0.15, -0.1) is 0 Å². The average Bonchev–Trinajstić information content (AvgIpc) is 2.86. The Labute approximate surface area is 204 Å². The van der Waals surface area contributed by atoms with Gasteiger partial charge in [0, 0.05) is 25.1 Å². The van der Waals surface area contributed by atoms with Crippen molar-refractivity contribution in [2.75, 3.05) is 19.7 Å². The zero-order chi connectivity index (χ0) is 24.0. The Morgan fingerprint density at radius 1 is 1.00 bits per heavy atom. The Bertz CT molecular complexity index is 874. The van der Waals surface area contributed by atoms with Gasteiger partial charge in [-0.25, -0.2) is 0 Å². The van der Waals surface area contributed by atoms with Crippen LogP contribution in [-0.2, 0) is 17.8 Å². The van der Waals surface area contributed by atoms with Crippen LogP contribution in [0.1, 0.15) is 79.3 Å². The van der Waals surface area contributed by atoms with Crippen LogP contribution in [0.3, 0.4) is 0 Å². The van der Waals surface area contributed by atoms with Crippen LogP contribution < -0.4 is 4.74 Å². The lowest BCUT2D eigenvalue weighted by Crippen LogP contribution is -2.27. The molecule has 34 heavy (non-hydrogen) atoms. The molecule has 0 atom stereocenters. The number of nitrogens with zero attached hydrogens (tertiary/aromatic N) is 1. The van der Waals surface area contributed by atoms with Gasteiger partial charge in [0.05, 0.1) is 6.61 Å². The summed E-state index contributed by atoms with van der Waals surface area (Å²) < 4.78 is 6.22. The highest BCUT2D eigenvalue weighted by Gasteiger charge is 2.14. The first-order valence-corrected chi connectivity index (χ1v) is 12.8. The van der Waals surface area contributed by atoms with Crippen LogP contribution in [0.4, 0.5) is 0 Å². The highest BCUT2D eigenvalue weighted by molar-refractivity contribution is 5.74. The number of aldehydes is 1. The molecule has 3 rings (SSSR count). The molecule has 1 aliphatic carbocycles. The van der Waals surface area contributed by atoms with Crippen molar-refractivity contribution >= 4 is 12.3 Å². The second-order valence-corrected chi connectivity index (χ2v) is 9.49. The van der Waals surface area contributed by atoms with Crippen LogP contribution in [0.15, 0.2) is 48.5 Å². The monoisotopic (exact) mass is 465 g/mol. The second-order valence-electron chi connectivity index (χ2n) is 9.49. The van der Waals surface area contributed by atoms with Crippen molar-refractivity contribution in [1.29, 1.82) is 0 Å². The maximum absolute atomic E-state index is 11.0. The fourth-order valence-electron chi connectivity index (χ4n) is 4.78. The summed E-state index contributed by atoms with van der Waals surface area (Å²) in [6, 6.07) is 16.0. The maximum atomic E-state index is 11.0. The van der Waals surface area contributed by atoms with Crippen LogP contribution in [0, 0.1) is 5.92 Å². The van der Waals surface area contributed by atoms with Gasteiger partial charge >= 0.3 is 5.97 Å². The Balaban J connectivity index is 1.55. The number of carboxylic acid groups (broad SMARTS) is 1. The summed E-state index contributed by atoms with van der Waals surface area (Å²) in [5.74, 6) is 1.06. The van der Waals surface area contributed by atoms with Crippen LogP contribution in [0.5, 0.6) is 5.75 Å². The molecule has 1 aliphatic rings. The normalized spacial score (nSPS) is 14.3. The summed E-state index contributed by atoms with van der Waals surface area (Å²) >= 11 is 0. The van der Waals surface area contributed by atoms with E-state index < -0.39 is 5.97 Å². The topological polar surface area (TPSA) is 66.8 Å². The minimum atomic E-state index is -0.740. The minimum absolute atomic E-state index is 0.208. The summed E-state index contributed by atoms with van der Waals surface area (Å²) in [7, 11) is 0. The number of benzene rings is 2. The van der Waals surface area contributed by atoms with Gasteiger partial charge in [-0.2, -0.15) is 0 Å². The molecule has 0 amide bonds. The first-order valence-electron chi connectivity index (χ1n) is 12.8. The maximum Gasteiger partial charge on any atom is 0.303 e. The highest BCUT2D eigenvalue weighted by atomic mass is 16.5. The molecule has 184 valence electrons. The van der Waals surface area contributed by atoms with Gasteiger partial charge in [0.15, 0.2) is 0 Å². The molecule has 0 spiro atoms. The van der Waals surface area contributed by atoms with Crippen molar-refractivity contribution in [3.63, 3.8) is 0 Å². The quantitative estimate of drug-likeness (QED) is 0.252. The number of hydrogen-bond donors (Lipinski definition) is 1. The fourth-order valence-corrected chi connectivity index (χ4v) is 4.78. The number of unbranched alkanes of at least 4 members (excludes halogenated alkanes) is 1. The summed E-state index contributed by atoms with van der Waals surface area (Å²) in [6.07, 6.45) is 11.4. The highest BCUT2D eigenvalue weighted by Crippen LogP contribution is 2.27. The predicted molar refractivity (Wildman–Crippen MR) is 135 cm³/mol. The van der Waals surface area contributed by atoms with E-state index in [9.17, 15) is 9.59 Å². The third kappa shape index (κ3) is 9.30. The largest absolute Gasteiger partial charge is 0.493 e. The molecule has 1 N–H and O–H groups in total. The van der Waals surface area contributed by atoms with Crippen molar-refractivity contribution in [2.24, 2.45) is 5.92 Å². The standard InChI is InChI=1S/C29H39NO4/c31-23-26-15-13-25(14-16-26)22-30(19-7-6-12-29(32)33)20-17-27-10-4-5-11-28(27)34-21-18-24-8-2-1-3-9-24/h4-5,10-11,13-16,23-24H,1-3,6-9,12,17-22H2,(H,32,33). The summed E-state index contributed by atoms with van der Waals surface area (Å²) in [5, 5.41) is 8.94. The SMILES string of the molecule is O=Cc1ccc(CN(CCCCC(=O)O)CCc2ccccc2OCCC2CCCCC2)cc1. The predicted octanol–water partition coefficient (Wildman–Crippen LogP) is 6.15. The van der Waals surface area contributed by atoms with Crippen LogP contribution in [-0.4, -0.2) is 42.0 Å². The van der Waals surface area contributed by atoms with E-state index in [0.717, 1.165) is 69.0 Å². The molecule has 5 heteroatoms. The van der Waals surface area contributed by atoms with E-state index in [1.165, 1.54) is 37.7 Å². The molecule has 0 heterocycles. The zero-order valence-corrected chi connectivity index (χ0v) is 20.3. The number of carbonyl (C=O) groups excluding carboxylic acids is 1. The molecule has 2 aromatic rings. The van der Waals surface area contributed by atoms with E-state index in [1.54, 1.807) is 0 Å². The van der Waals surface area contributed by atoms with Gasteiger partial charge in [0.25, 0.3) is 0 Å². The summed E-state index contributed by atoms with van der Waals surface area (Å²) in [6.45, 7) is 3.26. The minimum Gasteiger partial charge on any atom is -0.493 e. The molecule has 0 aliphatic heterocycles. The molecule has 0 unspecified atom stereocenters. The average molecular weight is 466 g/mol. The van der Waals surface area contributed by atoms with E-state index in [4.69, 9.17) is 9.84 Å². The lowest BCUT2D eigenvalue weighted by Gasteiger charge is -2.24. The number of hydrogen-bond acceptors (Lipinski definition) is 4. The van der Waals surface area contributed by atoms with E-state index in [0.29, 0.717) is 12.0 Å². The number of rotatable bonds is 15. The Kier molecular flexibility index (Phi) is 11.1. The third-order valence-corrected chi connectivity index (χ3v) is 6.82. The van der Waals surface area contributed by atoms with Crippen molar-refractivity contribution in [2.45, 2.75) is 70.8 Å². The summed E-state index contributed by atoms with van der Waals surface area (Å²) in [5.41, 5.74) is 3.05. The molecule has 0 bridgehead atoms. The van der Waals surface area contributed by atoms with E-state index >= 15 is 0 Å². The molecule has 0 radical (unpaired) electrons. The van der Waals surface area contributed by atoms with Gasteiger partial charge in [-0.05, 0) is 55.3 Å². The second kappa shape index (κ2) is 14.6. The van der Waals surface area contributed by atoms with Crippen molar-refractivity contribution in [3.8, 4) is 5.75 Å². The van der Waals surface area contributed by atoms with Crippen molar-refractivity contribution in [3.05, 3.63) is 65.2 Å². The van der Waals surface area contributed by atoms with Gasteiger partial charge < -0.3 is 9.84 Å². The van der Waals surface area contributed by atoms with Crippen LogP contribution >= 0.6 is 0 Å². The van der Waals surface area contributed by atoms with Gasteiger partial charge in [0.2, 0.25) is 0 Å². The number of ether oxygens (including phenoxy) is 1. The van der Waals surface area contributed by atoms with E-state index in [1.807, 2.05) is 30.3 Å². The molecule has 2 aromatic carbocycles. The summed E-state index contributed by atoms with van der Waals surface area (Å²) in [4.78, 5) is 24.2.